The van der Waals surface area contributed by atoms with Gasteiger partial charge in [0.25, 0.3) is 0 Å². The van der Waals surface area contributed by atoms with Gasteiger partial charge in [0.15, 0.2) is 0 Å². The van der Waals surface area contributed by atoms with Gasteiger partial charge in [0.1, 0.15) is 18.5 Å². The number of hydrogen-bond acceptors (Lipinski definition) is 3. The summed E-state index contributed by atoms with van der Waals surface area (Å²) >= 11 is 0. The second kappa shape index (κ2) is 7.83. The molecule has 76 valence electrons. The third-order valence-corrected chi connectivity index (χ3v) is 1.50. The number of likely N-dealkylation sites (N-methyl/N-ethyl adjacent to an activating group) is 1. The number of hydrogen-bond donors (Lipinski definition) is 2. The lowest BCUT2D eigenvalue weighted by Crippen LogP contribution is -2.27. The minimum atomic E-state index is -0.454. The highest BCUT2D eigenvalue weighted by Crippen LogP contribution is 2.00. The smallest absolute Gasteiger partial charge is 0.115 e. The molecule has 2 N–H and O–H groups in total. The average molecular weight is 185 g/mol. The van der Waals surface area contributed by atoms with Crippen molar-refractivity contribution in [3.05, 3.63) is 24.0 Å². The predicted molar refractivity (Wildman–Crippen MR) is 54.5 cm³/mol. The van der Waals surface area contributed by atoms with Crippen LogP contribution in [-0.2, 0) is 4.74 Å². The normalized spacial score (nSPS) is 14.9. The van der Waals surface area contributed by atoms with Crippen LogP contribution in [-0.4, -0.2) is 31.4 Å². The van der Waals surface area contributed by atoms with Gasteiger partial charge in [-0.2, -0.15) is 0 Å². The Morgan fingerprint density at radius 1 is 1.54 bits per heavy atom. The minimum Gasteiger partial charge on any atom is -0.491 e. The Bertz CT molecular complexity index is 176. The molecule has 0 fully saturated rings. The molecule has 13 heavy (non-hydrogen) atoms. The molecule has 0 saturated heterocycles. The highest BCUT2D eigenvalue weighted by Gasteiger charge is 2.02. The molecule has 3 heteroatoms. The van der Waals surface area contributed by atoms with Crippen LogP contribution in [0.1, 0.15) is 13.8 Å². The molecule has 0 spiro atoms. The zero-order valence-corrected chi connectivity index (χ0v) is 8.58. The fourth-order valence-electron chi connectivity index (χ4n) is 0.879. The van der Waals surface area contributed by atoms with Crippen molar-refractivity contribution in [3.63, 3.8) is 0 Å². The summed E-state index contributed by atoms with van der Waals surface area (Å²) in [5.74, 6) is 0.789. The maximum Gasteiger partial charge on any atom is 0.115 e. The lowest BCUT2D eigenvalue weighted by molar-refractivity contribution is 0.0766. The van der Waals surface area contributed by atoms with Crippen molar-refractivity contribution in [3.8, 4) is 0 Å². The van der Waals surface area contributed by atoms with E-state index in [1.165, 1.54) is 0 Å². The first-order valence-corrected chi connectivity index (χ1v) is 4.49. The fourth-order valence-corrected chi connectivity index (χ4v) is 0.879. The van der Waals surface area contributed by atoms with Gasteiger partial charge < -0.3 is 15.2 Å². The largest absolute Gasteiger partial charge is 0.491 e. The van der Waals surface area contributed by atoms with E-state index in [1.807, 2.05) is 32.1 Å². The van der Waals surface area contributed by atoms with E-state index in [1.54, 1.807) is 7.05 Å². The van der Waals surface area contributed by atoms with E-state index in [-0.39, 0.29) is 0 Å². The summed E-state index contributed by atoms with van der Waals surface area (Å²) in [6.07, 6.45) is 5.18. The highest BCUT2D eigenvalue weighted by atomic mass is 16.5. The van der Waals surface area contributed by atoms with Crippen LogP contribution in [0.2, 0.25) is 0 Å². The molecule has 0 rings (SSSR count). The minimum absolute atomic E-state index is 0.324. The first-order chi connectivity index (χ1) is 6.24. The lowest BCUT2D eigenvalue weighted by Gasteiger charge is -2.11. The van der Waals surface area contributed by atoms with Crippen molar-refractivity contribution in [2.45, 2.75) is 20.0 Å². The summed E-state index contributed by atoms with van der Waals surface area (Å²) in [6, 6.07) is 0. The van der Waals surface area contributed by atoms with E-state index < -0.39 is 6.10 Å². The van der Waals surface area contributed by atoms with E-state index in [2.05, 4.69) is 5.32 Å². The van der Waals surface area contributed by atoms with E-state index in [9.17, 15) is 5.11 Å². The molecule has 0 amide bonds. The summed E-state index contributed by atoms with van der Waals surface area (Å²) in [5, 5.41) is 12.2. The van der Waals surface area contributed by atoms with Gasteiger partial charge in [-0.15, -0.1) is 0 Å². The average Bonchev–Trinajstić information content (AvgIpc) is 2.12. The van der Waals surface area contributed by atoms with Gasteiger partial charge in [-0.3, -0.25) is 0 Å². The van der Waals surface area contributed by atoms with E-state index >= 15 is 0 Å². The Labute approximate surface area is 80.1 Å². The molecule has 0 saturated carbocycles. The number of nitrogens with one attached hydrogen (secondary N) is 1. The number of ether oxygens (including phenoxy) is 1. The van der Waals surface area contributed by atoms with Crippen molar-refractivity contribution < 1.29 is 9.84 Å². The van der Waals surface area contributed by atoms with Crippen LogP contribution in [0.15, 0.2) is 24.0 Å². The first-order valence-electron chi connectivity index (χ1n) is 4.49. The van der Waals surface area contributed by atoms with E-state index in [4.69, 9.17) is 4.74 Å². The molecule has 0 radical (unpaired) electrons. The molecular weight excluding hydrogens is 166 g/mol. The Kier molecular flexibility index (Phi) is 7.35. The van der Waals surface area contributed by atoms with Gasteiger partial charge >= 0.3 is 0 Å². The molecule has 0 bridgehead atoms. The molecule has 1 atom stereocenters. The Hall–Kier alpha value is -0.800. The molecule has 3 nitrogen and oxygen atoms in total. The van der Waals surface area contributed by atoms with Gasteiger partial charge in [-0.1, -0.05) is 6.08 Å². The summed E-state index contributed by atoms with van der Waals surface area (Å²) in [4.78, 5) is 0. The van der Waals surface area contributed by atoms with E-state index in [0.29, 0.717) is 13.2 Å². The van der Waals surface area contributed by atoms with Crippen LogP contribution in [0.4, 0.5) is 0 Å². The van der Waals surface area contributed by atoms with Gasteiger partial charge in [0.05, 0.1) is 0 Å². The Morgan fingerprint density at radius 3 is 2.69 bits per heavy atom. The molecule has 0 aliphatic heterocycles. The van der Waals surface area contributed by atoms with Crippen molar-refractivity contribution >= 4 is 0 Å². The summed E-state index contributed by atoms with van der Waals surface area (Å²) in [7, 11) is 1.80. The van der Waals surface area contributed by atoms with Crippen LogP contribution in [0.3, 0.4) is 0 Å². The van der Waals surface area contributed by atoms with Crippen LogP contribution < -0.4 is 5.32 Å². The summed E-state index contributed by atoms with van der Waals surface area (Å²) < 4.78 is 5.33. The van der Waals surface area contributed by atoms with Gasteiger partial charge in [0, 0.05) is 6.54 Å². The molecule has 1 unspecified atom stereocenters. The molecule has 0 aromatic carbocycles. The number of aliphatic hydroxyl groups excluding tert-OH is 1. The van der Waals surface area contributed by atoms with Crippen LogP contribution in [0, 0.1) is 0 Å². The molecule has 0 aliphatic carbocycles. The quantitative estimate of drug-likeness (QED) is 0.480. The summed E-state index contributed by atoms with van der Waals surface area (Å²) in [5.41, 5.74) is 0. The number of rotatable bonds is 6. The fraction of sp³-hybridized carbons (Fsp3) is 0.600. The molecular formula is C10H19NO2. The number of aliphatic hydroxyl groups is 1. The second-order valence-corrected chi connectivity index (χ2v) is 2.71. The lowest BCUT2D eigenvalue weighted by atomic mass is 10.3. The van der Waals surface area contributed by atoms with Crippen molar-refractivity contribution in [2.24, 2.45) is 0 Å². The molecule has 0 aromatic rings. The number of allylic oxidation sites excluding steroid dienone is 3. The molecule has 0 aliphatic rings. The Morgan fingerprint density at radius 2 is 2.23 bits per heavy atom. The first kappa shape index (κ1) is 12.2. The van der Waals surface area contributed by atoms with Crippen LogP contribution >= 0.6 is 0 Å². The van der Waals surface area contributed by atoms with E-state index in [0.717, 1.165) is 5.76 Å². The second-order valence-electron chi connectivity index (χ2n) is 2.71. The van der Waals surface area contributed by atoms with Gasteiger partial charge in [-0.05, 0) is 33.0 Å². The summed E-state index contributed by atoms with van der Waals surface area (Å²) in [6.45, 7) is 4.70. The monoisotopic (exact) mass is 185 g/mol. The highest BCUT2D eigenvalue weighted by molar-refractivity contribution is 5.09. The topological polar surface area (TPSA) is 41.5 Å². The maximum atomic E-state index is 9.32. The zero-order chi connectivity index (χ0) is 10.1. The van der Waals surface area contributed by atoms with Crippen LogP contribution in [0.25, 0.3) is 0 Å². The Balaban J connectivity index is 3.72. The van der Waals surface area contributed by atoms with Crippen molar-refractivity contribution in [1.29, 1.82) is 0 Å². The molecule has 0 heterocycles. The predicted octanol–water partition coefficient (Wildman–Crippen LogP) is 1.06. The van der Waals surface area contributed by atoms with Gasteiger partial charge in [-0.25, -0.2) is 0 Å². The maximum absolute atomic E-state index is 9.32. The third kappa shape index (κ3) is 6.37. The third-order valence-electron chi connectivity index (χ3n) is 1.50. The van der Waals surface area contributed by atoms with Crippen LogP contribution in [0.5, 0.6) is 0 Å². The van der Waals surface area contributed by atoms with Crippen molar-refractivity contribution in [1.82, 2.24) is 5.32 Å². The van der Waals surface area contributed by atoms with Gasteiger partial charge in [0.2, 0.25) is 0 Å². The van der Waals surface area contributed by atoms with Crippen molar-refractivity contribution in [2.75, 3.05) is 20.2 Å². The zero-order valence-electron chi connectivity index (χ0n) is 8.58. The SMILES string of the molecule is C/C=C\C(=C/C)OCC(O)CNC. The standard InChI is InChI=1S/C10H19NO2/c1-4-6-10(5-2)13-8-9(12)7-11-3/h4-6,9,11-12H,7-8H2,1-3H3/b6-4-,10-5+. The molecule has 0 aromatic heterocycles.